The number of carbonyl (C=O) groups is 1. The van der Waals surface area contributed by atoms with Gasteiger partial charge < -0.3 is 20.3 Å². The summed E-state index contributed by atoms with van der Waals surface area (Å²) in [5, 5.41) is 5.62. The third kappa shape index (κ3) is 3.89. The molecule has 0 spiro atoms. The molecule has 0 aliphatic rings. The topological polar surface area (TPSA) is 92.3 Å². The summed E-state index contributed by atoms with van der Waals surface area (Å²) in [6.07, 6.45) is 3.09. The van der Waals surface area contributed by atoms with Crippen molar-refractivity contribution in [3.8, 4) is 5.88 Å². The van der Waals surface area contributed by atoms with Crippen LogP contribution in [0.3, 0.4) is 0 Å². The molecule has 2 aromatic rings. The normalized spacial score (nSPS) is 11.5. The first-order chi connectivity index (χ1) is 11.4. The Balaban J connectivity index is 2.17. The number of urea groups is 1. The van der Waals surface area contributed by atoms with Crippen LogP contribution in [-0.2, 0) is 0 Å². The molecule has 2 heterocycles. The van der Waals surface area contributed by atoms with Crippen molar-refractivity contribution in [3.05, 3.63) is 35.9 Å². The Hall–Kier alpha value is -2.90. The van der Waals surface area contributed by atoms with Crippen molar-refractivity contribution in [3.63, 3.8) is 0 Å². The lowest BCUT2D eigenvalue weighted by Crippen LogP contribution is -2.32. The zero-order chi connectivity index (χ0) is 17.7. The van der Waals surface area contributed by atoms with Crippen LogP contribution in [0.15, 0.2) is 24.7 Å². The highest BCUT2D eigenvalue weighted by molar-refractivity contribution is 5.94. The number of amides is 2. The van der Waals surface area contributed by atoms with Gasteiger partial charge in [0.15, 0.2) is 5.82 Å². The molecule has 1 atom stereocenters. The SMILES string of the molecule is COc1ncnc(N(C)C)c1NC(=O)NC(C)c1ncccc1C. The van der Waals surface area contributed by atoms with E-state index in [0.29, 0.717) is 17.4 Å². The maximum Gasteiger partial charge on any atom is 0.320 e. The molecule has 8 nitrogen and oxygen atoms in total. The summed E-state index contributed by atoms with van der Waals surface area (Å²) in [6, 6.07) is 3.19. The molecule has 2 amide bonds. The number of pyridine rings is 1. The zero-order valence-electron chi connectivity index (χ0n) is 14.5. The number of aromatic nitrogens is 3. The van der Waals surface area contributed by atoms with Gasteiger partial charge in [0, 0.05) is 20.3 Å². The smallest absolute Gasteiger partial charge is 0.320 e. The predicted molar refractivity (Wildman–Crippen MR) is 92.5 cm³/mol. The molecule has 0 bridgehead atoms. The Bertz CT molecular complexity index is 719. The van der Waals surface area contributed by atoms with Crippen LogP contribution in [0, 0.1) is 6.92 Å². The maximum absolute atomic E-state index is 12.4. The molecule has 2 aromatic heterocycles. The predicted octanol–water partition coefficient (Wildman–Crippen LogP) is 2.14. The third-order valence-electron chi connectivity index (χ3n) is 3.46. The number of carbonyl (C=O) groups excluding carboxylic acids is 1. The lowest BCUT2D eigenvalue weighted by atomic mass is 10.1. The van der Waals surface area contributed by atoms with Crippen molar-refractivity contribution in [2.75, 3.05) is 31.4 Å². The van der Waals surface area contributed by atoms with E-state index in [-0.39, 0.29) is 12.1 Å². The van der Waals surface area contributed by atoms with Crippen LogP contribution in [0.25, 0.3) is 0 Å². The van der Waals surface area contributed by atoms with Gasteiger partial charge in [-0.15, -0.1) is 0 Å². The lowest BCUT2D eigenvalue weighted by molar-refractivity contribution is 0.249. The summed E-state index contributed by atoms with van der Waals surface area (Å²) in [4.78, 5) is 26.7. The number of anilines is 2. The molecule has 0 aromatic carbocycles. The minimum absolute atomic E-state index is 0.246. The molecule has 0 saturated heterocycles. The average Bonchev–Trinajstić information content (AvgIpc) is 2.54. The maximum atomic E-state index is 12.4. The van der Waals surface area contributed by atoms with Crippen molar-refractivity contribution >= 4 is 17.5 Å². The number of hydrogen-bond donors (Lipinski definition) is 2. The van der Waals surface area contributed by atoms with E-state index in [4.69, 9.17) is 4.74 Å². The van der Waals surface area contributed by atoms with Crippen molar-refractivity contribution in [1.29, 1.82) is 0 Å². The largest absolute Gasteiger partial charge is 0.479 e. The summed E-state index contributed by atoms with van der Waals surface area (Å²) >= 11 is 0. The number of nitrogens with zero attached hydrogens (tertiary/aromatic N) is 4. The second-order valence-corrected chi connectivity index (χ2v) is 5.50. The first-order valence-electron chi connectivity index (χ1n) is 7.49. The van der Waals surface area contributed by atoms with E-state index in [1.807, 2.05) is 40.1 Å². The van der Waals surface area contributed by atoms with Crippen LogP contribution in [0.4, 0.5) is 16.3 Å². The summed E-state index contributed by atoms with van der Waals surface area (Å²) in [5.74, 6) is 0.851. The summed E-state index contributed by atoms with van der Waals surface area (Å²) in [5.41, 5.74) is 2.24. The average molecular weight is 330 g/mol. The van der Waals surface area contributed by atoms with E-state index in [1.54, 1.807) is 11.1 Å². The van der Waals surface area contributed by atoms with Gasteiger partial charge in [-0.05, 0) is 25.5 Å². The van der Waals surface area contributed by atoms with E-state index in [9.17, 15) is 4.79 Å². The van der Waals surface area contributed by atoms with Crippen molar-refractivity contribution in [1.82, 2.24) is 20.3 Å². The Morgan fingerprint density at radius 3 is 2.67 bits per heavy atom. The van der Waals surface area contributed by atoms with Gasteiger partial charge >= 0.3 is 6.03 Å². The van der Waals surface area contributed by atoms with Crippen LogP contribution in [0.5, 0.6) is 5.88 Å². The number of hydrogen-bond acceptors (Lipinski definition) is 6. The second kappa shape index (κ2) is 7.58. The van der Waals surface area contributed by atoms with Gasteiger partial charge in [0.25, 0.3) is 0 Å². The Labute approximate surface area is 141 Å². The van der Waals surface area contributed by atoms with Crippen LogP contribution in [0.1, 0.15) is 24.2 Å². The molecule has 24 heavy (non-hydrogen) atoms. The minimum Gasteiger partial charge on any atom is -0.479 e. The first kappa shape index (κ1) is 17.5. The van der Waals surface area contributed by atoms with Crippen LogP contribution >= 0.6 is 0 Å². The van der Waals surface area contributed by atoms with Crippen molar-refractivity contribution in [2.45, 2.75) is 19.9 Å². The van der Waals surface area contributed by atoms with E-state index < -0.39 is 0 Å². The number of nitrogens with one attached hydrogen (secondary N) is 2. The molecule has 2 rings (SSSR count). The van der Waals surface area contributed by atoms with Gasteiger partial charge in [0.2, 0.25) is 5.88 Å². The molecule has 128 valence electrons. The van der Waals surface area contributed by atoms with Gasteiger partial charge in [0.05, 0.1) is 18.8 Å². The lowest BCUT2D eigenvalue weighted by Gasteiger charge is -2.20. The summed E-state index contributed by atoms with van der Waals surface area (Å²) in [7, 11) is 5.14. The minimum atomic E-state index is -0.385. The molecule has 0 fully saturated rings. The van der Waals surface area contributed by atoms with Crippen LogP contribution in [-0.4, -0.2) is 42.2 Å². The Morgan fingerprint density at radius 2 is 2.04 bits per heavy atom. The number of aryl methyl sites for hydroxylation is 1. The van der Waals surface area contributed by atoms with E-state index in [0.717, 1.165) is 11.3 Å². The van der Waals surface area contributed by atoms with Gasteiger partial charge in [-0.1, -0.05) is 6.07 Å². The van der Waals surface area contributed by atoms with Crippen molar-refractivity contribution in [2.24, 2.45) is 0 Å². The van der Waals surface area contributed by atoms with Crippen molar-refractivity contribution < 1.29 is 9.53 Å². The second-order valence-electron chi connectivity index (χ2n) is 5.50. The van der Waals surface area contributed by atoms with Crippen LogP contribution < -0.4 is 20.3 Å². The fraction of sp³-hybridized carbons (Fsp3) is 0.375. The Morgan fingerprint density at radius 1 is 1.29 bits per heavy atom. The van der Waals surface area contributed by atoms with Gasteiger partial charge in [0.1, 0.15) is 12.0 Å². The molecule has 0 saturated carbocycles. The number of ether oxygens (including phenoxy) is 1. The zero-order valence-corrected chi connectivity index (χ0v) is 14.5. The van der Waals surface area contributed by atoms with Gasteiger partial charge in [-0.25, -0.2) is 9.78 Å². The van der Waals surface area contributed by atoms with Crippen LogP contribution in [0.2, 0.25) is 0 Å². The highest BCUT2D eigenvalue weighted by Crippen LogP contribution is 2.29. The monoisotopic (exact) mass is 330 g/mol. The fourth-order valence-electron chi connectivity index (χ4n) is 2.33. The highest BCUT2D eigenvalue weighted by atomic mass is 16.5. The quantitative estimate of drug-likeness (QED) is 0.872. The molecular formula is C16H22N6O2. The van der Waals surface area contributed by atoms with Gasteiger partial charge in [-0.2, -0.15) is 4.98 Å². The van der Waals surface area contributed by atoms with E-state index in [2.05, 4.69) is 25.6 Å². The standard InChI is InChI=1S/C16H22N6O2/c1-10-7-6-8-17-12(10)11(2)20-16(23)21-13-14(22(3)4)18-9-19-15(13)24-5/h6-9,11H,1-5H3,(H2,20,21,23). The van der Waals surface area contributed by atoms with E-state index >= 15 is 0 Å². The number of methoxy groups -OCH3 is 1. The Kier molecular flexibility index (Phi) is 5.51. The molecule has 0 aliphatic heterocycles. The molecule has 2 N–H and O–H groups in total. The molecule has 1 unspecified atom stereocenters. The summed E-state index contributed by atoms with van der Waals surface area (Å²) in [6.45, 7) is 3.83. The third-order valence-corrected chi connectivity index (χ3v) is 3.46. The van der Waals surface area contributed by atoms with E-state index in [1.165, 1.54) is 13.4 Å². The van der Waals surface area contributed by atoms with Gasteiger partial charge in [-0.3, -0.25) is 4.98 Å². The number of rotatable bonds is 5. The molecular weight excluding hydrogens is 308 g/mol. The highest BCUT2D eigenvalue weighted by Gasteiger charge is 2.18. The summed E-state index contributed by atoms with van der Waals surface area (Å²) < 4.78 is 5.21. The molecule has 8 heteroatoms. The fourth-order valence-corrected chi connectivity index (χ4v) is 2.33. The molecule has 0 radical (unpaired) electrons. The molecule has 0 aliphatic carbocycles. The first-order valence-corrected chi connectivity index (χ1v) is 7.49.